The summed E-state index contributed by atoms with van der Waals surface area (Å²) in [5.74, 6) is 0. The lowest BCUT2D eigenvalue weighted by atomic mass is 10.0. The zero-order valence-corrected chi connectivity index (χ0v) is 29.6. The van der Waals surface area contributed by atoms with Crippen LogP contribution in [0.1, 0.15) is 0 Å². The van der Waals surface area contributed by atoms with E-state index in [1.807, 2.05) is 0 Å². The molecule has 0 N–H and O–H groups in total. The SMILES string of the molecule is c1ccc(-c2ccc(-n3c4ccccc4c4c3ccc3c5ccc6oc7ccccc7c6c5n(-c5cc6c7c(cccc7c5)-c5ccccc5-6)c34)cc2)cc1. The van der Waals surface area contributed by atoms with Crippen LogP contribution in [0, 0.1) is 0 Å². The van der Waals surface area contributed by atoms with Crippen molar-refractivity contribution in [3.8, 4) is 44.8 Å². The minimum atomic E-state index is 0.896. The third kappa shape index (κ3) is 3.84. The number of fused-ring (bicyclic) bond motifs is 14. The molecule has 3 heterocycles. The zero-order chi connectivity index (χ0) is 35.8. The zero-order valence-electron chi connectivity index (χ0n) is 29.6. The minimum Gasteiger partial charge on any atom is -0.456 e. The molecule has 1 aliphatic carbocycles. The van der Waals surface area contributed by atoms with Gasteiger partial charge < -0.3 is 13.6 Å². The summed E-state index contributed by atoms with van der Waals surface area (Å²) in [6.45, 7) is 0. The molecule has 13 rings (SSSR count). The van der Waals surface area contributed by atoms with Gasteiger partial charge in [0.1, 0.15) is 11.2 Å². The van der Waals surface area contributed by atoms with Crippen LogP contribution in [0.3, 0.4) is 0 Å². The summed E-state index contributed by atoms with van der Waals surface area (Å²) in [5, 5.41) is 9.74. The summed E-state index contributed by atoms with van der Waals surface area (Å²) in [6, 6.07) is 66.5. The fourth-order valence-corrected chi connectivity index (χ4v) is 9.75. The van der Waals surface area contributed by atoms with Gasteiger partial charge in [0.25, 0.3) is 0 Å². The van der Waals surface area contributed by atoms with Crippen molar-refractivity contribution in [2.75, 3.05) is 0 Å². The van der Waals surface area contributed by atoms with Gasteiger partial charge in [-0.1, -0.05) is 127 Å². The molecule has 3 nitrogen and oxygen atoms in total. The predicted molar refractivity (Wildman–Crippen MR) is 230 cm³/mol. The lowest BCUT2D eigenvalue weighted by Gasteiger charge is -2.13. The van der Waals surface area contributed by atoms with Crippen LogP contribution in [-0.4, -0.2) is 9.13 Å². The first-order chi connectivity index (χ1) is 27.3. The van der Waals surface area contributed by atoms with Gasteiger partial charge in [0, 0.05) is 38.3 Å². The lowest BCUT2D eigenvalue weighted by Crippen LogP contribution is -1.97. The van der Waals surface area contributed by atoms with Gasteiger partial charge in [-0.2, -0.15) is 0 Å². The molecule has 0 amide bonds. The molecule has 0 aliphatic heterocycles. The van der Waals surface area contributed by atoms with Crippen molar-refractivity contribution >= 4 is 76.3 Å². The van der Waals surface area contributed by atoms with Crippen molar-refractivity contribution in [2.45, 2.75) is 0 Å². The van der Waals surface area contributed by atoms with E-state index < -0.39 is 0 Å². The van der Waals surface area contributed by atoms with E-state index in [1.165, 1.54) is 87.8 Å². The molecule has 0 saturated heterocycles. The second-order valence-electron chi connectivity index (χ2n) is 14.8. The molecule has 254 valence electrons. The maximum Gasteiger partial charge on any atom is 0.137 e. The van der Waals surface area contributed by atoms with E-state index in [-0.39, 0.29) is 0 Å². The highest BCUT2D eigenvalue weighted by atomic mass is 16.3. The molecular weight excluding hydrogens is 669 g/mol. The molecular formula is C52H30N2O. The molecule has 0 unspecified atom stereocenters. The fourth-order valence-electron chi connectivity index (χ4n) is 9.75. The normalized spacial score (nSPS) is 12.4. The van der Waals surface area contributed by atoms with Crippen LogP contribution in [0.5, 0.6) is 0 Å². The predicted octanol–water partition coefficient (Wildman–Crippen LogP) is 14.2. The Balaban J connectivity index is 1.20. The molecule has 0 fully saturated rings. The van der Waals surface area contributed by atoms with Gasteiger partial charge >= 0.3 is 0 Å². The van der Waals surface area contributed by atoms with Gasteiger partial charge in [0.05, 0.1) is 27.5 Å². The molecule has 55 heavy (non-hydrogen) atoms. The lowest BCUT2D eigenvalue weighted by molar-refractivity contribution is 0.669. The first kappa shape index (κ1) is 29.1. The average molecular weight is 699 g/mol. The molecule has 3 aromatic heterocycles. The summed E-state index contributed by atoms with van der Waals surface area (Å²) in [5.41, 5.74) is 16.4. The van der Waals surface area contributed by atoms with Gasteiger partial charge in [0.2, 0.25) is 0 Å². The van der Waals surface area contributed by atoms with Gasteiger partial charge in [0.15, 0.2) is 0 Å². The standard InChI is InChI=1S/C52H30N2O/c1-2-11-31(12-3-1)32-21-23-34(24-22-32)53-44-19-8-6-16-41(44)49-45(53)27-25-39-40-26-28-47-50(42-17-7-9-20-46(42)55-47)52(40)54(51(39)49)35-29-33-13-10-18-38-36-14-4-5-15-37(36)43(30-35)48(33)38/h1-30H. The maximum atomic E-state index is 6.56. The molecule has 0 spiro atoms. The van der Waals surface area contributed by atoms with E-state index in [0.717, 1.165) is 33.3 Å². The van der Waals surface area contributed by atoms with Gasteiger partial charge in [-0.3, -0.25) is 0 Å². The Morgan fingerprint density at radius 3 is 1.85 bits per heavy atom. The highest BCUT2D eigenvalue weighted by Gasteiger charge is 2.26. The van der Waals surface area contributed by atoms with Crippen LogP contribution in [0.4, 0.5) is 0 Å². The summed E-state index contributed by atoms with van der Waals surface area (Å²) in [4.78, 5) is 0. The summed E-state index contributed by atoms with van der Waals surface area (Å²) in [7, 11) is 0. The molecule has 0 radical (unpaired) electrons. The summed E-state index contributed by atoms with van der Waals surface area (Å²) < 4.78 is 11.5. The third-order valence-electron chi connectivity index (χ3n) is 12.0. The van der Waals surface area contributed by atoms with Crippen LogP contribution in [-0.2, 0) is 0 Å². The summed E-state index contributed by atoms with van der Waals surface area (Å²) >= 11 is 0. The first-order valence-electron chi connectivity index (χ1n) is 18.9. The van der Waals surface area contributed by atoms with Crippen molar-refractivity contribution in [1.29, 1.82) is 0 Å². The van der Waals surface area contributed by atoms with Crippen molar-refractivity contribution in [3.05, 3.63) is 182 Å². The van der Waals surface area contributed by atoms with Crippen molar-refractivity contribution in [1.82, 2.24) is 9.13 Å². The Morgan fingerprint density at radius 2 is 1.00 bits per heavy atom. The highest BCUT2D eigenvalue weighted by Crippen LogP contribution is 2.50. The Morgan fingerprint density at radius 1 is 0.327 bits per heavy atom. The van der Waals surface area contributed by atoms with Crippen molar-refractivity contribution in [2.24, 2.45) is 0 Å². The van der Waals surface area contributed by atoms with Gasteiger partial charge in [-0.15, -0.1) is 0 Å². The monoisotopic (exact) mass is 698 g/mol. The number of hydrogen-bond donors (Lipinski definition) is 0. The quantitative estimate of drug-likeness (QED) is 0.180. The Kier molecular flexibility index (Phi) is 5.63. The van der Waals surface area contributed by atoms with E-state index >= 15 is 0 Å². The number of rotatable bonds is 3. The van der Waals surface area contributed by atoms with Crippen LogP contribution in [0.25, 0.3) is 121 Å². The van der Waals surface area contributed by atoms with Gasteiger partial charge in [-0.05, 0) is 98.8 Å². The maximum absolute atomic E-state index is 6.56. The molecule has 1 aliphatic rings. The van der Waals surface area contributed by atoms with E-state index in [9.17, 15) is 0 Å². The number of para-hydroxylation sites is 2. The average Bonchev–Trinajstić information content (AvgIpc) is 3.98. The van der Waals surface area contributed by atoms with Crippen molar-refractivity contribution in [3.63, 3.8) is 0 Å². The van der Waals surface area contributed by atoms with E-state index in [2.05, 4.69) is 191 Å². The number of hydrogen-bond acceptors (Lipinski definition) is 1. The molecule has 12 aromatic rings. The number of nitrogens with zero attached hydrogens (tertiary/aromatic N) is 2. The number of benzene rings is 9. The fraction of sp³-hybridized carbons (Fsp3) is 0. The summed E-state index contributed by atoms with van der Waals surface area (Å²) in [6.07, 6.45) is 0. The van der Waals surface area contributed by atoms with Crippen LogP contribution >= 0.6 is 0 Å². The highest BCUT2D eigenvalue weighted by molar-refractivity contribution is 6.31. The Hall–Kier alpha value is -7.36. The number of aromatic nitrogens is 2. The molecule has 0 atom stereocenters. The largest absolute Gasteiger partial charge is 0.456 e. The first-order valence-corrected chi connectivity index (χ1v) is 18.9. The smallest absolute Gasteiger partial charge is 0.137 e. The van der Waals surface area contributed by atoms with Crippen LogP contribution in [0.2, 0.25) is 0 Å². The van der Waals surface area contributed by atoms with E-state index in [0.29, 0.717) is 0 Å². The van der Waals surface area contributed by atoms with E-state index in [1.54, 1.807) is 0 Å². The Bertz CT molecular complexity index is 3580. The minimum absolute atomic E-state index is 0.896. The second-order valence-corrected chi connectivity index (χ2v) is 14.8. The van der Waals surface area contributed by atoms with E-state index in [4.69, 9.17) is 4.42 Å². The third-order valence-corrected chi connectivity index (χ3v) is 12.0. The van der Waals surface area contributed by atoms with Crippen LogP contribution in [0.15, 0.2) is 186 Å². The molecule has 3 heteroatoms. The second kappa shape index (κ2) is 10.6. The van der Waals surface area contributed by atoms with Crippen LogP contribution < -0.4 is 0 Å². The topological polar surface area (TPSA) is 23.0 Å². The molecule has 9 aromatic carbocycles. The number of furan rings is 1. The van der Waals surface area contributed by atoms with Crippen molar-refractivity contribution < 1.29 is 4.42 Å². The molecule has 0 bridgehead atoms. The van der Waals surface area contributed by atoms with Gasteiger partial charge in [-0.25, -0.2) is 0 Å². The molecule has 0 saturated carbocycles. The Labute approximate surface area is 315 Å².